The van der Waals surface area contributed by atoms with Crippen LogP contribution in [0.3, 0.4) is 0 Å². The van der Waals surface area contributed by atoms with Crippen LogP contribution in [0.1, 0.15) is 19.3 Å². The van der Waals surface area contributed by atoms with Gasteiger partial charge in [-0.3, -0.25) is 9.59 Å². The van der Waals surface area contributed by atoms with Gasteiger partial charge in [-0.25, -0.2) is 0 Å². The number of rotatable bonds is 6. The summed E-state index contributed by atoms with van der Waals surface area (Å²) in [7, 11) is 0. The van der Waals surface area contributed by atoms with Crippen molar-refractivity contribution in [3.63, 3.8) is 0 Å². The first-order valence-electron chi connectivity index (χ1n) is 10.4. The molecule has 30 heavy (non-hydrogen) atoms. The van der Waals surface area contributed by atoms with Crippen molar-refractivity contribution in [2.24, 2.45) is 5.92 Å². The lowest BCUT2D eigenvalue weighted by Crippen LogP contribution is -2.43. The molecule has 0 bridgehead atoms. The fourth-order valence-electron chi connectivity index (χ4n) is 4.00. The zero-order valence-corrected chi connectivity index (χ0v) is 18.0. The van der Waals surface area contributed by atoms with E-state index in [2.05, 4.69) is 28.5 Å². The molecule has 3 aromatic rings. The molecule has 0 aliphatic carbocycles. The van der Waals surface area contributed by atoms with Gasteiger partial charge in [-0.15, -0.1) is 0 Å². The van der Waals surface area contributed by atoms with Crippen LogP contribution in [0.4, 0.5) is 5.69 Å². The molecule has 2 N–H and O–H groups in total. The van der Waals surface area contributed by atoms with Crippen LogP contribution in [0.15, 0.2) is 54.6 Å². The molecule has 4 rings (SSSR count). The van der Waals surface area contributed by atoms with E-state index >= 15 is 0 Å². The molecule has 1 aromatic heterocycles. The second kappa shape index (κ2) is 9.39. The summed E-state index contributed by atoms with van der Waals surface area (Å²) in [6, 6.07) is 18.2. The second-order valence-corrected chi connectivity index (χ2v) is 8.75. The Bertz CT molecular complexity index is 1010. The number of anilines is 1. The van der Waals surface area contributed by atoms with E-state index in [0.717, 1.165) is 53.0 Å². The third-order valence-corrected chi connectivity index (χ3v) is 6.25. The number of benzene rings is 2. The van der Waals surface area contributed by atoms with Crippen molar-refractivity contribution >= 4 is 40.2 Å². The summed E-state index contributed by atoms with van der Waals surface area (Å²) in [5.41, 5.74) is 3.93. The summed E-state index contributed by atoms with van der Waals surface area (Å²) in [6.45, 7) is 1.27. The monoisotopic (exact) mass is 421 g/mol. The Kier molecular flexibility index (Phi) is 6.43. The molecule has 6 heteroatoms. The minimum atomic E-state index is -0.159. The van der Waals surface area contributed by atoms with Crippen molar-refractivity contribution in [3.05, 3.63) is 54.6 Å². The molecule has 1 unspecified atom stereocenters. The topological polar surface area (TPSA) is 65.2 Å². The van der Waals surface area contributed by atoms with Crippen LogP contribution in [0, 0.1) is 5.92 Å². The van der Waals surface area contributed by atoms with Gasteiger partial charge in [-0.2, -0.15) is 11.8 Å². The maximum atomic E-state index is 12.9. The molecule has 1 saturated heterocycles. The highest BCUT2D eigenvalue weighted by atomic mass is 32.2. The number of H-pyrrole nitrogens is 1. The summed E-state index contributed by atoms with van der Waals surface area (Å²) >= 11 is 1.67. The maximum Gasteiger partial charge on any atom is 0.229 e. The van der Waals surface area contributed by atoms with E-state index in [1.54, 1.807) is 11.8 Å². The van der Waals surface area contributed by atoms with Gasteiger partial charge in [-0.1, -0.05) is 30.3 Å². The largest absolute Gasteiger partial charge is 0.355 e. The molecule has 1 fully saturated rings. The van der Waals surface area contributed by atoms with Crippen molar-refractivity contribution in [2.75, 3.05) is 30.4 Å². The maximum absolute atomic E-state index is 12.9. The Balaban J connectivity index is 1.43. The second-order valence-electron chi connectivity index (χ2n) is 7.76. The summed E-state index contributed by atoms with van der Waals surface area (Å²) in [5, 5.41) is 4.23. The molecular formula is C24H27N3O2S. The zero-order chi connectivity index (χ0) is 20.9. The Morgan fingerprint density at radius 2 is 2.03 bits per heavy atom. The molecule has 0 saturated carbocycles. The number of hydrogen-bond donors (Lipinski definition) is 2. The van der Waals surface area contributed by atoms with E-state index in [1.165, 1.54) is 0 Å². The molecular weight excluding hydrogens is 394 g/mol. The van der Waals surface area contributed by atoms with Gasteiger partial charge in [0.05, 0.1) is 5.92 Å². The number of carbonyl (C=O) groups is 2. The Morgan fingerprint density at radius 3 is 2.87 bits per heavy atom. The molecule has 1 aliphatic heterocycles. The number of carbonyl (C=O) groups excluding carboxylic acids is 2. The average molecular weight is 422 g/mol. The van der Waals surface area contributed by atoms with E-state index in [4.69, 9.17) is 0 Å². The lowest BCUT2D eigenvalue weighted by molar-refractivity contribution is -0.134. The lowest BCUT2D eigenvalue weighted by Gasteiger charge is -2.32. The Morgan fingerprint density at radius 1 is 1.17 bits per heavy atom. The van der Waals surface area contributed by atoms with E-state index in [9.17, 15) is 9.59 Å². The molecule has 0 radical (unpaired) electrons. The molecule has 1 atom stereocenters. The quantitative estimate of drug-likeness (QED) is 0.603. The number of thioether (sulfide) groups is 1. The molecule has 0 spiro atoms. The summed E-state index contributed by atoms with van der Waals surface area (Å²) in [6.07, 6.45) is 4.24. The average Bonchev–Trinajstić information content (AvgIpc) is 3.22. The minimum Gasteiger partial charge on any atom is -0.355 e. The normalized spacial score (nSPS) is 16.6. The smallest absolute Gasteiger partial charge is 0.229 e. The van der Waals surface area contributed by atoms with E-state index < -0.39 is 0 Å². The SMILES string of the molecule is CSCCC(=O)N1CCCC(C(=O)Nc2cccc(-c3cc4ccccc4[nH]3)c2)C1. The highest BCUT2D eigenvalue weighted by Crippen LogP contribution is 2.27. The van der Waals surface area contributed by atoms with Crippen molar-refractivity contribution in [2.45, 2.75) is 19.3 Å². The van der Waals surface area contributed by atoms with E-state index in [0.29, 0.717) is 13.0 Å². The number of piperidine rings is 1. The number of nitrogens with one attached hydrogen (secondary N) is 2. The first-order valence-corrected chi connectivity index (χ1v) is 11.8. The van der Waals surface area contributed by atoms with Crippen LogP contribution in [0.25, 0.3) is 22.2 Å². The highest BCUT2D eigenvalue weighted by molar-refractivity contribution is 7.98. The van der Waals surface area contributed by atoms with Crippen LogP contribution >= 0.6 is 11.8 Å². The van der Waals surface area contributed by atoms with Gasteiger partial charge in [-0.05, 0) is 43.4 Å². The number of para-hydroxylation sites is 1. The van der Waals surface area contributed by atoms with Crippen molar-refractivity contribution < 1.29 is 9.59 Å². The third kappa shape index (κ3) is 4.70. The van der Waals surface area contributed by atoms with Crippen molar-refractivity contribution in [3.8, 4) is 11.3 Å². The van der Waals surface area contributed by atoms with Crippen LogP contribution in [-0.2, 0) is 9.59 Å². The fraction of sp³-hybridized carbons (Fsp3) is 0.333. The number of hydrogen-bond acceptors (Lipinski definition) is 3. The van der Waals surface area contributed by atoms with Crippen molar-refractivity contribution in [1.82, 2.24) is 9.88 Å². The van der Waals surface area contributed by atoms with Gasteiger partial charge in [0.25, 0.3) is 0 Å². The van der Waals surface area contributed by atoms with Crippen molar-refractivity contribution in [1.29, 1.82) is 0 Å². The van der Waals surface area contributed by atoms with E-state index in [-0.39, 0.29) is 17.7 Å². The highest BCUT2D eigenvalue weighted by Gasteiger charge is 2.28. The van der Waals surface area contributed by atoms with Crippen LogP contribution < -0.4 is 5.32 Å². The molecule has 2 amide bonds. The van der Waals surface area contributed by atoms with Crippen LogP contribution in [0.2, 0.25) is 0 Å². The number of likely N-dealkylation sites (tertiary alicyclic amines) is 1. The molecule has 1 aliphatic rings. The predicted molar refractivity (Wildman–Crippen MR) is 125 cm³/mol. The number of amides is 2. The fourth-order valence-corrected chi connectivity index (χ4v) is 4.38. The number of fused-ring (bicyclic) bond motifs is 1. The first kappa shape index (κ1) is 20.5. The summed E-state index contributed by atoms with van der Waals surface area (Å²) in [5.74, 6) is 0.815. The van der Waals surface area contributed by atoms with Gasteiger partial charge in [0.1, 0.15) is 0 Å². The van der Waals surface area contributed by atoms with Crippen LogP contribution in [-0.4, -0.2) is 46.8 Å². The Hall–Kier alpha value is -2.73. The van der Waals surface area contributed by atoms with Gasteiger partial charge in [0.15, 0.2) is 0 Å². The lowest BCUT2D eigenvalue weighted by atomic mass is 9.96. The van der Waals surface area contributed by atoms with Gasteiger partial charge < -0.3 is 15.2 Å². The first-order chi connectivity index (χ1) is 14.6. The van der Waals surface area contributed by atoms with Gasteiger partial charge in [0, 0.05) is 53.1 Å². The minimum absolute atomic E-state index is 0.00818. The van der Waals surface area contributed by atoms with Gasteiger partial charge in [0.2, 0.25) is 11.8 Å². The molecule has 2 heterocycles. The molecule has 156 valence electrons. The van der Waals surface area contributed by atoms with E-state index in [1.807, 2.05) is 47.6 Å². The third-order valence-electron chi connectivity index (χ3n) is 5.64. The predicted octanol–water partition coefficient (Wildman–Crippen LogP) is 4.77. The standard InChI is InChI=1S/C24H27N3O2S/c1-30-13-11-23(28)27-12-5-8-19(16-27)24(29)25-20-9-4-7-17(14-20)22-15-18-6-2-3-10-21(18)26-22/h2-4,6-7,9-10,14-15,19,26H,5,8,11-13,16H2,1H3,(H,25,29). The number of aromatic nitrogens is 1. The Labute approximate surface area is 181 Å². The molecule has 2 aromatic carbocycles. The van der Waals surface area contributed by atoms with Gasteiger partial charge >= 0.3 is 0 Å². The van der Waals surface area contributed by atoms with Crippen LogP contribution in [0.5, 0.6) is 0 Å². The summed E-state index contributed by atoms with van der Waals surface area (Å²) < 4.78 is 0. The molecule has 5 nitrogen and oxygen atoms in total. The summed E-state index contributed by atoms with van der Waals surface area (Å²) in [4.78, 5) is 30.5. The number of nitrogens with zero attached hydrogens (tertiary/aromatic N) is 1. The zero-order valence-electron chi connectivity index (χ0n) is 17.2. The number of aromatic amines is 1.